The molecular weight excluding hydrogens is 281 g/mol. The van der Waals surface area contributed by atoms with Crippen molar-refractivity contribution in [3.8, 4) is 0 Å². The third-order valence-corrected chi connectivity index (χ3v) is 2.40. The lowest BCUT2D eigenvalue weighted by atomic mass is 10.0. The number of nitrogens with one attached hydrogen (secondary N) is 1. The van der Waals surface area contributed by atoms with Crippen LogP contribution in [0.25, 0.3) is 0 Å². The molecule has 0 fully saturated rings. The molecule has 3 nitrogen and oxygen atoms in total. The number of amides is 1. The van der Waals surface area contributed by atoms with Gasteiger partial charge in [0.15, 0.2) is 0 Å². The van der Waals surface area contributed by atoms with Crippen molar-refractivity contribution in [2.24, 2.45) is 5.73 Å². The summed E-state index contributed by atoms with van der Waals surface area (Å²) in [5, 5.41) is 2.57. The number of hydrogen-bond donors (Lipinski definition) is 2. The van der Waals surface area contributed by atoms with Crippen molar-refractivity contribution in [1.29, 1.82) is 0 Å². The number of benzene rings is 1. The third kappa shape index (κ3) is 7.03. The summed E-state index contributed by atoms with van der Waals surface area (Å²) in [6.45, 7) is 1.38. The van der Waals surface area contributed by atoms with Gasteiger partial charge < -0.3 is 11.1 Å². The summed E-state index contributed by atoms with van der Waals surface area (Å²) in [7, 11) is 0. The molecule has 7 heteroatoms. The lowest BCUT2D eigenvalue weighted by Crippen LogP contribution is -2.15. The first kappa shape index (κ1) is 17.7. The first-order valence-corrected chi connectivity index (χ1v) is 5.48. The molecule has 0 aromatic heterocycles. The van der Waals surface area contributed by atoms with Gasteiger partial charge in [0.25, 0.3) is 0 Å². The second-order valence-electron chi connectivity index (χ2n) is 4.06. The van der Waals surface area contributed by atoms with E-state index >= 15 is 0 Å². The number of carbonyl (C=O) groups is 1. The molecule has 1 atom stereocenters. The van der Waals surface area contributed by atoms with Gasteiger partial charge in [-0.25, -0.2) is 0 Å². The number of hydrogen-bond acceptors (Lipinski definition) is 2. The minimum Gasteiger partial charge on any atom is -0.326 e. The van der Waals surface area contributed by atoms with E-state index in [1.54, 1.807) is 24.3 Å². The number of anilines is 1. The molecule has 0 bridgehead atoms. The Hall–Kier alpha value is -1.27. The van der Waals surface area contributed by atoms with Crippen LogP contribution in [0.1, 0.15) is 31.4 Å². The van der Waals surface area contributed by atoms with Crippen LogP contribution in [0.3, 0.4) is 0 Å². The average molecular weight is 297 g/mol. The minimum absolute atomic E-state index is 0. The van der Waals surface area contributed by atoms with Gasteiger partial charge in [-0.05, 0) is 24.1 Å². The van der Waals surface area contributed by atoms with Crippen molar-refractivity contribution in [1.82, 2.24) is 0 Å². The minimum atomic E-state index is -4.19. The lowest BCUT2D eigenvalue weighted by Gasteiger charge is -2.14. The molecule has 0 radical (unpaired) electrons. The molecule has 1 amide bonds. The van der Waals surface area contributed by atoms with Crippen LogP contribution in [0.4, 0.5) is 18.9 Å². The van der Waals surface area contributed by atoms with Gasteiger partial charge in [0, 0.05) is 25.1 Å². The van der Waals surface area contributed by atoms with E-state index in [-0.39, 0.29) is 24.7 Å². The Balaban J connectivity index is 0.00000324. The summed E-state index contributed by atoms with van der Waals surface area (Å²) < 4.78 is 36.1. The van der Waals surface area contributed by atoms with E-state index in [1.807, 2.05) is 0 Å². The first-order valence-electron chi connectivity index (χ1n) is 5.48. The van der Waals surface area contributed by atoms with Crippen LogP contribution in [0.2, 0.25) is 0 Å². The quantitative estimate of drug-likeness (QED) is 0.894. The highest BCUT2D eigenvalue weighted by Crippen LogP contribution is 2.26. The molecule has 0 saturated carbocycles. The van der Waals surface area contributed by atoms with E-state index in [2.05, 4.69) is 5.32 Å². The summed E-state index contributed by atoms with van der Waals surface area (Å²) in [6.07, 6.45) is -5.24. The van der Waals surface area contributed by atoms with Crippen LogP contribution in [-0.2, 0) is 4.79 Å². The Morgan fingerprint density at radius 2 is 1.84 bits per heavy atom. The summed E-state index contributed by atoms with van der Waals surface area (Å²) in [5.41, 5.74) is 6.88. The smallest absolute Gasteiger partial charge is 0.326 e. The van der Waals surface area contributed by atoms with Crippen molar-refractivity contribution >= 4 is 24.0 Å². The zero-order chi connectivity index (χ0) is 13.8. The molecular formula is C12H16ClF3N2O. The molecule has 0 saturated heterocycles. The fourth-order valence-corrected chi connectivity index (χ4v) is 1.50. The van der Waals surface area contributed by atoms with Gasteiger partial charge in [-0.15, -0.1) is 12.4 Å². The van der Waals surface area contributed by atoms with Crippen LogP contribution >= 0.6 is 12.4 Å². The van der Waals surface area contributed by atoms with Crippen molar-refractivity contribution in [2.75, 3.05) is 5.32 Å². The van der Waals surface area contributed by atoms with Crippen LogP contribution in [0.5, 0.6) is 0 Å². The third-order valence-electron chi connectivity index (χ3n) is 2.40. The molecule has 0 aliphatic rings. The Labute approximate surface area is 115 Å². The van der Waals surface area contributed by atoms with Gasteiger partial charge in [0.05, 0.1) is 0 Å². The highest BCUT2D eigenvalue weighted by Gasteiger charge is 2.27. The molecule has 0 spiro atoms. The standard InChI is InChI=1S/C12H15F3N2O.ClH/c1-8(18)17-10-4-2-9(3-5-10)11(16)6-7-12(13,14)15;/h2-5,11H,6-7,16H2,1H3,(H,17,18);1H/t11-;/m0./s1. The number of nitrogens with two attached hydrogens (primary N) is 1. The van der Waals surface area contributed by atoms with Crippen molar-refractivity contribution < 1.29 is 18.0 Å². The van der Waals surface area contributed by atoms with Crippen molar-refractivity contribution in [3.63, 3.8) is 0 Å². The maximum atomic E-state index is 12.0. The van der Waals surface area contributed by atoms with Gasteiger partial charge in [0.1, 0.15) is 0 Å². The van der Waals surface area contributed by atoms with E-state index < -0.39 is 18.6 Å². The van der Waals surface area contributed by atoms with Gasteiger partial charge in [-0.1, -0.05) is 12.1 Å². The molecule has 1 rings (SSSR count). The maximum absolute atomic E-state index is 12.0. The second kappa shape index (κ2) is 7.35. The molecule has 19 heavy (non-hydrogen) atoms. The molecule has 108 valence electrons. The van der Waals surface area contributed by atoms with Gasteiger partial charge >= 0.3 is 6.18 Å². The van der Waals surface area contributed by atoms with Crippen LogP contribution in [0, 0.1) is 0 Å². The zero-order valence-electron chi connectivity index (χ0n) is 10.3. The molecule has 1 aromatic carbocycles. The van der Waals surface area contributed by atoms with E-state index in [0.717, 1.165) is 0 Å². The highest BCUT2D eigenvalue weighted by molar-refractivity contribution is 5.88. The van der Waals surface area contributed by atoms with Crippen molar-refractivity contribution in [2.45, 2.75) is 32.0 Å². The monoisotopic (exact) mass is 296 g/mol. The predicted molar refractivity (Wildman–Crippen MR) is 70.2 cm³/mol. The topological polar surface area (TPSA) is 55.1 Å². The Morgan fingerprint density at radius 3 is 2.26 bits per heavy atom. The fourth-order valence-electron chi connectivity index (χ4n) is 1.50. The Kier molecular flexibility index (Phi) is 6.86. The zero-order valence-corrected chi connectivity index (χ0v) is 11.1. The molecule has 3 N–H and O–H groups in total. The largest absolute Gasteiger partial charge is 0.389 e. The van der Waals surface area contributed by atoms with Crippen LogP contribution < -0.4 is 11.1 Å². The normalized spacial score (nSPS) is 12.5. The summed E-state index contributed by atoms with van der Waals surface area (Å²) in [4.78, 5) is 10.8. The van der Waals surface area contributed by atoms with Crippen LogP contribution in [-0.4, -0.2) is 12.1 Å². The summed E-state index contributed by atoms with van der Waals surface area (Å²) in [5.74, 6) is -0.205. The van der Waals surface area contributed by atoms with E-state index in [9.17, 15) is 18.0 Å². The Morgan fingerprint density at radius 1 is 1.32 bits per heavy atom. The highest BCUT2D eigenvalue weighted by atomic mass is 35.5. The van der Waals surface area contributed by atoms with E-state index in [4.69, 9.17) is 5.73 Å². The molecule has 1 aromatic rings. The summed E-state index contributed by atoms with van der Waals surface area (Å²) >= 11 is 0. The number of halogens is 4. The fraction of sp³-hybridized carbons (Fsp3) is 0.417. The molecule has 0 unspecified atom stereocenters. The van der Waals surface area contributed by atoms with Gasteiger partial charge in [0.2, 0.25) is 5.91 Å². The SMILES string of the molecule is CC(=O)Nc1ccc([C@@H](N)CCC(F)(F)F)cc1.Cl. The van der Waals surface area contributed by atoms with Crippen LogP contribution in [0.15, 0.2) is 24.3 Å². The predicted octanol–water partition coefficient (Wildman–Crippen LogP) is 3.41. The summed E-state index contributed by atoms with van der Waals surface area (Å²) in [6, 6.07) is 5.81. The Bertz CT molecular complexity index is 406. The van der Waals surface area contributed by atoms with E-state index in [0.29, 0.717) is 11.3 Å². The number of carbonyl (C=O) groups excluding carboxylic acids is 1. The second-order valence-corrected chi connectivity index (χ2v) is 4.06. The first-order chi connectivity index (χ1) is 8.28. The molecule has 0 heterocycles. The maximum Gasteiger partial charge on any atom is 0.389 e. The number of alkyl halides is 3. The lowest BCUT2D eigenvalue weighted by molar-refractivity contribution is -0.136. The van der Waals surface area contributed by atoms with Crippen molar-refractivity contribution in [3.05, 3.63) is 29.8 Å². The van der Waals surface area contributed by atoms with Gasteiger partial charge in [-0.2, -0.15) is 13.2 Å². The van der Waals surface area contributed by atoms with Gasteiger partial charge in [-0.3, -0.25) is 4.79 Å². The molecule has 0 aliphatic carbocycles. The van der Waals surface area contributed by atoms with E-state index in [1.165, 1.54) is 6.92 Å². The average Bonchev–Trinajstić information content (AvgIpc) is 2.25. The number of rotatable bonds is 4. The molecule has 0 aliphatic heterocycles.